The highest BCUT2D eigenvalue weighted by atomic mass is 79.9. The largest absolute Gasteiger partial charge is 0.417 e. The van der Waals surface area contributed by atoms with Crippen molar-refractivity contribution in [3.63, 3.8) is 0 Å². The van der Waals surface area contributed by atoms with Crippen LogP contribution in [-0.4, -0.2) is 17.6 Å². The van der Waals surface area contributed by atoms with Crippen LogP contribution in [0.1, 0.15) is 24.8 Å². The highest BCUT2D eigenvalue weighted by Gasteiger charge is 2.61. The molecule has 3 saturated carbocycles. The predicted octanol–water partition coefficient (Wildman–Crippen LogP) is 3.57. The van der Waals surface area contributed by atoms with Crippen molar-refractivity contribution < 1.29 is 27.6 Å². The molecule has 4 fully saturated rings. The average molecular weight is 416 g/mol. The molecule has 5 rings (SSSR count). The SMILES string of the molecule is O=C1CC2CCC1C1C(=O)N(c3ccc(Br)c(C(F)(F)F)c3)C(=O)C21. The second-order valence-electron chi connectivity index (χ2n) is 6.84. The fraction of sp³-hybridized carbons (Fsp3) is 0.471. The van der Waals surface area contributed by atoms with Crippen molar-refractivity contribution in [2.45, 2.75) is 25.4 Å². The van der Waals surface area contributed by atoms with Crippen molar-refractivity contribution >= 4 is 39.2 Å². The first kappa shape index (κ1) is 16.8. The lowest BCUT2D eigenvalue weighted by molar-refractivity contribution is -0.143. The van der Waals surface area contributed by atoms with E-state index in [0.29, 0.717) is 12.8 Å². The van der Waals surface area contributed by atoms with Crippen molar-refractivity contribution in [3.8, 4) is 0 Å². The standard InChI is InChI=1S/C17H13BrF3NO3/c18-11-4-2-8(6-10(11)17(19,20)21)22-15(24)13-7-1-3-9(12(23)5-7)14(13)16(22)25/h2,4,6-7,9,13-14H,1,3,5H2. The summed E-state index contributed by atoms with van der Waals surface area (Å²) in [4.78, 5) is 38.5. The predicted molar refractivity (Wildman–Crippen MR) is 84.5 cm³/mol. The van der Waals surface area contributed by atoms with Crippen LogP contribution in [0.4, 0.5) is 18.9 Å². The average Bonchev–Trinajstić information content (AvgIpc) is 2.81. The molecule has 0 aromatic heterocycles. The van der Waals surface area contributed by atoms with Crippen LogP contribution in [0.3, 0.4) is 0 Å². The number of anilines is 1. The van der Waals surface area contributed by atoms with E-state index < -0.39 is 41.3 Å². The molecule has 1 aromatic carbocycles. The smallest absolute Gasteiger partial charge is 0.299 e. The summed E-state index contributed by atoms with van der Waals surface area (Å²) < 4.78 is 39.2. The summed E-state index contributed by atoms with van der Waals surface area (Å²) in [5, 5.41) is 0. The van der Waals surface area contributed by atoms with E-state index in [2.05, 4.69) is 15.9 Å². The maximum atomic E-state index is 13.1. The monoisotopic (exact) mass is 415 g/mol. The van der Waals surface area contributed by atoms with E-state index in [1.807, 2.05) is 0 Å². The summed E-state index contributed by atoms with van der Waals surface area (Å²) in [5.74, 6) is -2.99. The minimum atomic E-state index is -4.61. The van der Waals surface area contributed by atoms with E-state index in [0.717, 1.165) is 11.0 Å². The number of fused-ring (bicyclic) bond motifs is 2. The molecular weight excluding hydrogens is 403 g/mol. The van der Waals surface area contributed by atoms with Gasteiger partial charge in [0.2, 0.25) is 11.8 Å². The van der Waals surface area contributed by atoms with Gasteiger partial charge in [0.25, 0.3) is 0 Å². The highest BCUT2D eigenvalue weighted by molar-refractivity contribution is 9.10. The first-order valence-electron chi connectivity index (χ1n) is 7.97. The summed E-state index contributed by atoms with van der Waals surface area (Å²) in [7, 11) is 0. The van der Waals surface area contributed by atoms with Gasteiger partial charge in [-0.3, -0.25) is 19.3 Å². The van der Waals surface area contributed by atoms with Gasteiger partial charge >= 0.3 is 6.18 Å². The van der Waals surface area contributed by atoms with Gasteiger partial charge in [-0.15, -0.1) is 0 Å². The second kappa shape index (κ2) is 5.40. The van der Waals surface area contributed by atoms with Gasteiger partial charge in [-0.1, -0.05) is 15.9 Å². The van der Waals surface area contributed by atoms with Gasteiger partial charge < -0.3 is 0 Å². The Hall–Kier alpha value is -1.70. The highest BCUT2D eigenvalue weighted by Crippen LogP contribution is 2.52. The van der Waals surface area contributed by atoms with E-state index >= 15 is 0 Å². The van der Waals surface area contributed by atoms with E-state index in [9.17, 15) is 27.6 Å². The van der Waals surface area contributed by atoms with Crippen molar-refractivity contribution in [3.05, 3.63) is 28.2 Å². The van der Waals surface area contributed by atoms with Gasteiger partial charge in [-0.2, -0.15) is 13.2 Å². The molecule has 0 spiro atoms. The molecule has 4 atom stereocenters. The number of benzene rings is 1. The van der Waals surface area contributed by atoms with Gasteiger partial charge in [0.15, 0.2) is 0 Å². The number of hydrogen-bond acceptors (Lipinski definition) is 3. The molecule has 132 valence electrons. The molecule has 0 radical (unpaired) electrons. The first-order valence-corrected chi connectivity index (χ1v) is 8.76. The Bertz CT molecular complexity index is 807. The van der Waals surface area contributed by atoms with Gasteiger partial charge in [0, 0.05) is 16.8 Å². The van der Waals surface area contributed by atoms with Crippen LogP contribution in [0.25, 0.3) is 0 Å². The quantitative estimate of drug-likeness (QED) is 0.658. The van der Waals surface area contributed by atoms with Crippen LogP contribution >= 0.6 is 15.9 Å². The molecular formula is C17H13BrF3NO3. The fourth-order valence-corrected chi connectivity index (χ4v) is 4.98. The van der Waals surface area contributed by atoms with Gasteiger partial charge in [-0.25, -0.2) is 0 Å². The number of nitrogens with zero attached hydrogens (tertiary/aromatic N) is 1. The molecule has 3 aliphatic carbocycles. The lowest BCUT2D eigenvalue weighted by Gasteiger charge is -2.41. The van der Waals surface area contributed by atoms with E-state index in [1.54, 1.807) is 0 Å². The number of rotatable bonds is 1. The second-order valence-corrected chi connectivity index (χ2v) is 7.69. The van der Waals surface area contributed by atoms with Crippen LogP contribution in [-0.2, 0) is 20.6 Å². The summed E-state index contributed by atoms with van der Waals surface area (Å²) in [6, 6.07) is 3.30. The summed E-state index contributed by atoms with van der Waals surface area (Å²) in [6.07, 6.45) is -3.04. The Balaban J connectivity index is 1.76. The zero-order valence-corrected chi connectivity index (χ0v) is 14.4. The van der Waals surface area contributed by atoms with Crippen LogP contribution in [0, 0.1) is 23.7 Å². The van der Waals surface area contributed by atoms with Gasteiger partial charge in [-0.05, 0) is 37.0 Å². The molecule has 1 heterocycles. The van der Waals surface area contributed by atoms with Crippen LogP contribution < -0.4 is 4.90 Å². The Morgan fingerprint density at radius 3 is 2.36 bits per heavy atom. The third-order valence-corrected chi connectivity index (χ3v) is 6.27. The molecule has 1 saturated heterocycles. The molecule has 1 aliphatic heterocycles. The number of carbonyl (C=O) groups excluding carboxylic acids is 3. The maximum absolute atomic E-state index is 13.1. The van der Waals surface area contributed by atoms with Crippen molar-refractivity contribution in [1.82, 2.24) is 0 Å². The van der Waals surface area contributed by atoms with Crippen LogP contribution in [0.5, 0.6) is 0 Å². The zero-order chi connectivity index (χ0) is 18.1. The number of carbonyl (C=O) groups is 3. The summed E-state index contributed by atoms with van der Waals surface area (Å²) in [5.41, 5.74) is -1.04. The fourth-order valence-electron chi connectivity index (χ4n) is 4.51. The van der Waals surface area contributed by atoms with E-state index in [1.165, 1.54) is 12.1 Å². The summed E-state index contributed by atoms with van der Waals surface area (Å²) in [6.45, 7) is 0. The molecule has 2 amide bonds. The van der Waals surface area contributed by atoms with Crippen molar-refractivity contribution in [2.24, 2.45) is 23.7 Å². The Morgan fingerprint density at radius 1 is 1.04 bits per heavy atom. The van der Waals surface area contributed by atoms with E-state index in [4.69, 9.17) is 0 Å². The number of halogens is 4. The Morgan fingerprint density at radius 2 is 1.72 bits per heavy atom. The van der Waals surface area contributed by atoms with Crippen molar-refractivity contribution in [1.29, 1.82) is 0 Å². The van der Waals surface area contributed by atoms with Gasteiger partial charge in [0.1, 0.15) is 5.78 Å². The molecule has 2 bridgehead atoms. The molecule has 1 aromatic rings. The molecule has 4 aliphatic rings. The van der Waals surface area contributed by atoms with Crippen LogP contribution in [0.15, 0.2) is 22.7 Å². The first-order chi connectivity index (χ1) is 11.7. The number of Topliss-reactive ketones (excluding diaryl/α,β-unsaturated/α-hetero) is 1. The molecule has 4 unspecified atom stereocenters. The van der Waals surface area contributed by atoms with Gasteiger partial charge in [0.05, 0.1) is 23.1 Å². The third-order valence-electron chi connectivity index (χ3n) is 5.58. The topological polar surface area (TPSA) is 54.5 Å². The lowest BCUT2D eigenvalue weighted by Crippen LogP contribution is -2.46. The molecule has 0 N–H and O–H groups in total. The molecule has 4 nitrogen and oxygen atoms in total. The lowest BCUT2D eigenvalue weighted by atomic mass is 9.59. The van der Waals surface area contributed by atoms with Crippen molar-refractivity contribution in [2.75, 3.05) is 4.90 Å². The third kappa shape index (κ3) is 2.37. The molecule has 25 heavy (non-hydrogen) atoms. The number of imide groups is 1. The number of hydrogen-bond donors (Lipinski definition) is 0. The van der Waals surface area contributed by atoms with Crippen LogP contribution in [0.2, 0.25) is 0 Å². The minimum absolute atomic E-state index is 0.00714. The molecule has 8 heteroatoms. The minimum Gasteiger partial charge on any atom is -0.299 e. The van der Waals surface area contributed by atoms with E-state index in [-0.39, 0.29) is 28.3 Å². The Kier molecular flexibility index (Phi) is 3.62. The Labute approximate surface area is 149 Å². The number of ketones is 1. The number of amides is 2. The zero-order valence-electron chi connectivity index (χ0n) is 12.8. The summed E-state index contributed by atoms with van der Waals surface area (Å²) >= 11 is 2.85. The normalized spacial score (nSPS) is 31.7. The maximum Gasteiger partial charge on any atom is 0.417 e. The number of alkyl halides is 3.